The van der Waals surface area contributed by atoms with E-state index in [9.17, 15) is 0 Å². The first-order chi connectivity index (χ1) is 12.5. The van der Waals surface area contributed by atoms with Crippen LogP contribution in [0.1, 0.15) is 37.5 Å². The Labute approximate surface area is 156 Å². The molecular weight excluding hydrogens is 320 g/mol. The molecule has 0 unspecified atom stereocenters. The van der Waals surface area contributed by atoms with Crippen molar-refractivity contribution >= 4 is 0 Å². The zero-order valence-electron chi connectivity index (χ0n) is 15.7. The topological polar surface area (TPSA) is 18.5 Å². The van der Waals surface area contributed by atoms with Crippen LogP contribution in [-0.2, 0) is 18.6 Å². The predicted octanol–water partition coefficient (Wildman–Crippen LogP) is 6.14. The zero-order valence-corrected chi connectivity index (χ0v) is 15.7. The molecule has 0 saturated heterocycles. The van der Waals surface area contributed by atoms with Gasteiger partial charge in [-0.05, 0) is 28.2 Å². The van der Waals surface area contributed by atoms with E-state index in [1.165, 1.54) is 5.56 Å². The van der Waals surface area contributed by atoms with E-state index in [0.717, 1.165) is 22.6 Å². The van der Waals surface area contributed by atoms with Gasteiger partial charge in [0.2, 0.25) is 0 Å². The van der Waals surface area contributed by atoms with Crippen LogP contribution in [0.25, 0.3) is 0 Å². The Balaban J connectivity index is 1.77. The van der Waals surface area contributed by atoms with Crippen LogP contribution < -0.4 is 9.47 Å². The van der Waals surface area contributed by atoms with E-state index in [1.54, 1.807) is 0 Å². The van der Waals surface area contributed by atoms with E-state index in [-0.39, 0.29) is 5.41 Å². The summed E-state index contributed by atoms with van der Waals surface area (Å²) in [6.45, 7) is 7.69. The number of hydrogen-bond donors (Lipinski definition) is 0. The predicted molar refractivity (Wildman–Crippen MR) is 107 cm³/mol. The molecule has 0 aromatic heterocycles. The van der Waals surface area contributed by atoms with Crippen molar-refractivity contribution in [3.05, 3.63) is 95.6 Å². The van der Waals surface area contributed by atoms with Gasteiger partial charge in [0.1, 0.15) is 24.7 Å². The van der Waals surface area contributed by atoms with Crippen LogP contribution in [0.5, 0.6) is 11.5 Å². The Morgan fingerprint density at radius 2 is 1.19 bits per heavy atom. The molecule has 0 aliphatic carbocycles. The maximum atomic E-state index is 6.16. The fourth-order valence-electron chi connectivity index (χ4n) is 2.81. The second kappa shape index (κ2) is 8.09. The largest absolute Gasteiger partial charge is 0.489 e. The summed E-state index contributed by atoms with van der Waals surface area (Å²) in [5, 5.41) is 0. The first kappa shape index (κ1) is 18.1. The molecule has 0 aliphatic rings. The van der Waals surface area contributed by atoms with Gasteiger partial charge in [0, 0.05) is 6.07 Å². The van der Waals surface area contributed by atoms with Gasteiger partial charge in [-0.15, -0.1) is 0 Å². The van der Waals surface area contributed by atoms with Crippen LogP contribution in [0.3, 0.4) is 0 Å². The molecule has 0 fully saturated rings. The third-order valence-corrected chi connectivity index (χ3v) is 4.25. The van der Waals surface area contributed by atoms with Crippen molar-refractivity contribution < 1.29 is 9.47 Å². The molecule has 0 amide bonds. The van der Waals surface area contributed by atoms with Crippen LogP contribution in [-0.4, -0.2) is 0 Å². The summed E-state index contributed by atoms with van der Waals surface area (Å²) in [6, 6.07) is 26.6. The Morgan fingerprint density at radius 1 is 0.654 bits per heavy atom. The molecule has 0 aliphatic heterocycles. The quantitative estimate of drug-likeness (QED) is 0.533. The lowest BCUT2D eigenvalue weighted by molar-refractivity contribution is 0.284. The van der Waals surface area contributed by atoms with Gasteiger partial charge in [0.25, 0.3) is 0 Å². The third-order valence-electron chi connectivity index (χ3n) is 4.25. The highest BCUT2D eigenvalue weighted by atomic mass is 16.5. The number of benzene rings is 3. The molecule has 3 aromatic rings. The second-order valence-electron chi connectivity index (χ2n) is 7.46. The van der Waals surface area contributed by atoms with E-state index in [1.807, 2.05) is 48.5 Å². The highest BCUT2D eigenvalue weighted by molar-refractivity contribution is 5.44. The summed E-state index contributed by atoms with van der Waals surface area (Å²) in [6.07, 6.45) is 0. The maximum Gasteiger partial charge on any atom is 0.127 e. The normalized spacial score (nSPS) is 11.2. The van der Waals surface area contributed by atoms with Crippen molar-refractivity contribution in [3.63, 3.8) is 0 Å². The van der Waals surface area contributed by atoms with Gasteiger partial charge < -0.3 is 9.47 Å². The highest BCUT2D eigenvalue weighted by Crippen LogP contribution is 2.35. The molecule has 0 bridgehead atoms. The molecule has 0 spiro atoms. The van der Waals surface area contributed by atoms with Crippen molar-refractivity contribution in [2.45, 2.75) is 39.4 Å². The van der Waals surface area contributed by atoms with Crippen LogP contribution in [0.4, 0.5) is 0 Å². The van der Waals surface area contributed by atoms with Crippen LogP contribution in [0.2, 0.25) is 0 Å². The average molecular weight is 346 g/mol. The Kier molecular flexibility index (Phi) is 5.62. The lowest BCUT2D eigenvalue weighted by Crippen LogP contribution is -2.13. The van der Waals surface area contributed by atoms with Gasteiger partial charge in [0.15, 0.2) is 0 Å². The minimum Gasteiger partial charge on any atom is -0.489 e. The molecule has 0 saturated carbocycles. The Hall–Kier alpha value is -2.74. The number of ether oxygens (including phenoxy) is 2. The molecular formula is C24H26O2. The van der Waals surface area contributed by atoms with Gasteiger partial charge in [-0.2, -0.15) is 0 Å². The third kappa shape index (κ3) is 4.89. The van der Waals surface area contributed by atoms with E-state index in [4.69, 9.17) is 9.47 Å². The summed E-state index contributed by atoms with van der Waals surface area (Å²) < 4.78 is 12.1. The van der Waals surface area contributed by atoms with Crippen LogP contribution in [0.15, 0.2) is 78.9 Å². The van der Waals surface area contributed by atoms with Crippen LogP contribution in [0, 0.1) is 0 Å². The average Bonchev–Trinajstić information content (AvgIpc) is 2.65. The molecule has 3 rings (SSSR count). The fourth-order valence-corrected chi connectivity index (χ4v) is 2.81. The highest BCUT2D eigenvalue weighted by Gasteiger charge is 2.20. The summed E-state index contributed by atoms with van der Waals surface area (Å²) in [7, 11) is 0. The SMILES string of the molecule is CC(C)(C)c1ccc(OCc2ccccc2)cc1OCc1ccccc1. The van der Waals surface area contributed by atoms with Crippen LogP contribution >= 0.6 is 0 Å². The molecule has 0 atom stereocenters. The lowest BCUT2D eigenvalue weighted by Gasteiger charge is -2.23. The van der Waals surface area contributed by atoms with Crippen molar-refractivity contribution in [1.82, 2.24) is 0 Å². The van der Waals surface area contributed by atoms with Crippen molar-refractivity contribution in [2.75, 3.05) is 0 Å². The first-order valence-electron chi connectivity index (χ1n) is 9.00. The molecule has 2 heteroatoms. The molecule has 134 valence electrons. The van der Waals surface area contributed by atoms with E-state index < -0.39 is 0 Å². The fraction of sp³-hybridized carbons (Fsp3) is 0.250. The molecule has 2 nitrogen and oxygen atoms in total. The van der Waals surface area contributed by atoms with Gasteiger partial charge in [-0.1, -0.05) is 87.5 Å². The van der Waals surface area contributed by atoms with Gasteiger partial charge in [-0.25, -0.2) is 0 Å². The smallest absolute Gasteiger partial charge is 0.127 e. The van der Waals surface area contributed by atoms with Gasteiger partial charge in [0.05, 0.1) is 0 Å². The summed E-state index contributed by atoms with van der Waals surface area (Å²) >= 11 is 0. The maximum absolute atomic E-state index is 6.16. The van der Waals surface area contributed by atoms with Crippen molar-refractivity contribution in [2.24, 2.45) is 0 Å². The summed E-state index contributed by atoms with van der Waals surface area (Å²) in [5.41, 5.74) is 3.49. The molecule has 0 N–H and O–H groups in total. The lowest BCUT2D eigenvalue weighted by atomic mass is 9.86. The molecule has 3 aromatic carbocycles. The Morgan fingerprint density at radius 3 is 1.73 bits per heavy atom. The first-order valence-corrected chi connectivity index (χ1v) is 9.00. The number of hydrogen-bond acceptors (Lipinski definition) is 2. The number of rotatable bonds is 6. The Bertz CT molecular complexity index is 818. The van der Waals surface area contributed by atoms with Gasteiger partial charge >= 0.3 is 0 Å². The van der Waals surface area contributed by atoms with E-state index >= 15 is 0 Å². The second-order valence-corrected chi connectivity index (χ2v) is 7.46. The van der Waals surface area contributed by atoms with Crippen molar-refractivity contribution in [3.8, 4) is 11.5 Å². The van der Waals surface area contributed by atoms with Gasteiger partial charge in [-0.3, -0.25) is 0 Å². The molecule has 26 heavy (non-hydrogen) atoms. The van der Waals surface area contributed by atoms with E-state index in [0.29, 0.717) is 13.2 Å². The minimum atomic E-state index is 0.00395. The molecule has 0 heterocycles. The van der Waals surface area contributed by atoms with Crippen molar-refractivity contribution in [1.29, 1.82) is 0 Å². The summed E-state index contributed by atoms with van der Waals surface area (Å²) in [4.78, 5) is 0. The molecule has 0 radical (unpaired) electrons. The zero-order chi connectivity index (χ0) is 18.4. The minimum absolute atomic E-state index is 0.00395. The summed E-state index contributed by atoms with van der Waals surface area (Å²) in [5.74, 6) is 1.71. The standard InChI is InChI=1S/C24H26O2/c1-24(2,3)22-15-14-21(25-17-19-10-6-4-7-11-19)16-23(22)26-18-20-12-8-5-9-13-20/h4-16H,17-18H2,1-3H3. The monoisotopic (exact) mass is 346 g/mol. The van der Waals surface area contributed by atoms with E-state index in [2.05, 4.69) is 51.1 Å².